The van der Waals surface area contributed by atoms with Crippen LogP contribution in [0.5, 0.6) is 5.75 Å². The molecule has 24 heavy (non-hydrogen) atoms. The van der Waals surface area contributed by atoms with Crippen LogP contribution in [-0.4, -0.2) is 23.2 Å². The molecule has 0 heterocycles. The maximum atomic E-state index is 12.5. The Morgan fingerprint density at radius 3 is 2.96 bits per heavy atom. The summed E-state index contributed by atoms with van der Waals surface area (Å²) in [6.45, 7) is 1.78. The molecule has 4 nitrogen and oxygen atoms in total. The number of amides is 1. The molecule has 1 amide bonds. The highest BCUT2D eigenvalue weighted by Gasteiger charge is 2.54. The van der Waals surface area contributed by atoms with Crippen LogP contribution >= 0.6 is 0 Å². The van der Waals surface area contributed by atoms with Gasteiger partial charge in [-0.3, -0.25) is 4.79 Å². The van der Waals surface area contributed by atoms with Crippen molar-refractivity contribution in [2.75, 3.05) is 0 Å². The highest BCUT2D eigenvalue weighted by Crippen LogP contribution is 2.58. The number of aliphatic hydroxyl groups excluding tert-OH is 1. The Balaban J connectivity index is 1.34. The van der Waals surface area contributed by atoms with E-state index in [9.17, 15) is 9.90 Å². The minimum Gasteiger partial charge on any atom is -0.481 e. The van der Waals surface area contributed by atoms with E-state index in [-0.39, 0.29) is 12.5 Å². The van der Waals surface area contributed by atoms with Crippen molar-refractivity contribution in [1.82, 2.24) is 5.32 Å². The Morgan fingerprint density at radius 2 is 2.12 bits per heavy atom. The topological polar surface area (TPSA) is 58.6 Å². The second-order valence-electron chi connectivity index (χ2n) is 7.83. The SMILES string of the molecule is CC(Oc1cccc(CO)c1)C(=O)NC1CC2CC1C1CCCC21. The number of hydrogen-bond donors (Lipinski definition) is 2. The van der Waals surface area contributed by atoms with Crippen LogP contribution < -0.4 is 10.1 Å². The molecule has 6 unspecified atom stereocenters. The van der Waals surface area contributed by atoms with E-state index in [1.165, 1.54) is 25.7 Å². The third-order valence-electron chi connectivity index (χ3n) is 6.52. The predicted molar refractivity (Wildman–Crippen MR) is 91.4 cm³/mol. The first kappa shape index (κ1) is 15.9. The lowest BCUT2D eigenvalue weighted by Crippen LogP contribution is -2.47. The molecule has 0 saturated heterocycles. The average Bonchev–Trinajstić information content (AvgIpc) is 3.27. The summed E-state index contributed by atoms with van der Waals surface area (Å²) in [4.78, 5) is 12.5. The fourth-order valence-electron chi connectivity index (χ4n) is 5.51. The van der Waals surface area contributed by atoms with Crippen molar-refractivity contribution in [3.8, 4) is 5.75 Å². The molecule has 4 rings (SSSR count). The minimum atomic E-state index is -0.516. The molecule has 6 atom stereocenters. The molecule has 2 bridgehead atoms. The van der Waals surface area contributed by atoms with Gasteiger partial charge in [0.2, 0.25) is 0 Å². The van der Waals surface area contributed by atoms with E-state index in [1.54, 1.807) is 13.0 Å². The summed E-state index contributed by atoms with van der Waals surface area (Å²) in [6, 6.07) is 7.62. The van der Waals surface area contributed by atoms with Crippen molar-refractivity contribution < 1.29 is 14.6 Å². The number of ether oxygens (including phenoxy) is 1. The average molecular weight is 329 g/mol. The van der Waals surface area contributed by atoms with Crippen molar-refractivity contribution in [3.05, 3.63) is 29.8 Å². The minimum absolute atomic E-state index is 0.0171. The largest absolute Gasteiger partial charge is 0.481 e. The molecule has 3 saturated carbocycles. The van der Waals surface area contributed by atoms with Crippen LogP contribution in [0.3, 0.4) is 0 Å². The van der Waals surface area contributed by atoms with Gasteiger partial charge in [0, 0.05) is 6.04 Å². The molecule has 130 valence electrons. The van der Waals surface area contributed by atoms with E-state index >= 15 is 0 Å². The van der Waals surface area contributed by atoms with Gasteiger partial charge in [0.1, 0.15) is 5.75 Å². The van der Waals surface area contributed by atoms with Crippen LogP contribution in [0.25, 0.3) is 0 Å². The molecule has 2 N–H and O–H groups in total. The first-order valence-corrected chi connectivity index (χ1v) is 9.32. The number of aliphatic hydroxyl groups is 1. The molecule has 3 aliphatic rings. The number of hydrogen-bond acceptors (Lipinski definition) is 3. The quantitative estimate of drug-likeness (QED) is 0.873. The summed E-state index contributed by atoms with van der Waals surface area (Å²) in [7, 11) is 0. The second-order valence-corrected chi connectivity index (χ2v) is 7.83. The first-order chi connectivity index (χ1) is 11.7. The van der Waals surface area contributed by atoms with Gasteiger partial charge in [0.25, 0.3) is 5.91 Å². The van der Waals surface area contributed by atoms with Crippen LogP contribution in [0.4, 0.5) is 0 Å². The zero-order valence-corrected chi connectivity index (χ0v) is 14.3. The zero-order chi connectivity index (χ0) is 16.7. The molecule has 0 aromatic heterocycles. The predicted octanol–water partition coefficient (Wildman–Crippen LogP) is 2.89. The summed E-state index contributed by atoms with van der Waals surface area (Å²) in [5, 5.41) is 12.5. The molecule has 3 aliphatic carbocycles. The highest BCUT2D eigenvalue weighted by molar-refractivity contribution is 5.81. The lowest BCUT2D eigenvalue weighted by molar-refractivity contribution is -0.128. The third kappa shape index (κ3) is 2.81. The maximum absolute atomic E-state index is 12.5. The Kier molecular flexibility index (Phi) is 4.25. The van der Waals surface area contributed by atoms with Crippen LogP contribution in [0.2, 0.25) is 0 Å². The van der Waals surface area contributed by atoms with Crippen molar-refractivity contribution in [1.29, 1.82) is 0 Å². The summed E-state index contributed by atoms with van der Waals surface area (Å²) >= 11 is 0. The van der Waals surface area contributed by atoms with Crippen molar-refractivity contribution >= 4 is 5.91 Å². The maximum Gasteiger partial charge on any atom is 0.261 e. The Labute approximate surface area is 143 Å². The Bertz CT molecular complexity index is 617. The summed E-state index contributed by atoms with van der Waals surface area (Å²) in [5.74, 6) is 3.94. The van der Waals surface area contributed by atoms with E-state index in [1.807, 2.05) is 18.2 Å². The lowest BCUT2D eigenvalue weighted by atomic mass is 9.79. The van der Waals surface area contributed by atoms with Crippen LogP contribution in [0.15, 0.2) is 24.3 Å². The highest BCUT2D eigenvalue weighted by atomic mass is 16.5. The van der Waals surface area contributed by atoms with Gasteiger partial charge in [0.15, 0.2) is 6.10 Å². The van der Waals surface area contributed by atoms with Gasteiger partial charge in [-0.15, -0.1) is 0 Å². The van der Waals surface area contributed by atoms with Crippen molar-refractivity contribution in [3.63, 3.8) is 0 Å². The molecule has 4 heteroatoms. The normalized spacial score (nSPS) is 34.8. The first-order valence-electron chi connectivity index (χ1n) is 9.32. The lowest BCUT2D eigenvalue weighted by Gasteiger charge is -2.32. The molecular weight excluding hydrogens is 302 g/mol. The van der Waals surface area contributed by atoms with E-state index in [4.69, 9.17) is 4.74 Å². The molecule has 3 fully saturated rings. The molecule has 0 aliphatic heterocycles. The van der Waals surface area contributed by atoms with Gasteiger partial charge in [-0.2, -0.15) is 0 Å². The number of nitrogens with one attached hydrogen (secondary N) is 1. The number of fused-ring (bicyclic) bond motifs is 5. The molecule has 0 radical (unpaired) electrons. The second kappa shape index (κ2) is 6.40. The number of carbonyl (C=O) groups is 1. The van der Waals surface area contributed by atoms with E-state index < -0.39 is 6.10 Å². The van der Waals surface area contributed by atoms with Gasteiger partial charge in [-0.25, -0.2) is 0 Å². The fraction of sp³-hybridized carbons (Fsp3) is 0.650. The third-order valence-corrected chi connectivity index (χ3v) is 6.52. The summed E-state index contributed by atoms with van der Waals surface area (Å²) < 4.78 is 5.77. The van der Waals surface area contributed by atoms with Gasteiger partial charge in [0.05, 0.1) is 6.61 Å². The fourth-order valence-corrected chi connectivity index (χ4v) is 5.51. The van der Waals surface area contributed by atoms with Crippen molar-refractivity contribution in [2.24, 2.45) is 23.7 Å². The monoisotopic (exact) mass is 329 g/mol. The van der Waals surface area contributed by atoms with Crippen LogP contribution in [-0.2, 0) is 11.4 Å². The van der Waals surface area contributed by atoms with Crippen molar-refractivity contribution in [2.45, 2.75) is 57.8 Å². The number of rotatable bonds is 5. The van der Waals surface area contributed by atoms with Gasteiger partial charge >= 0.3 is 0 Å². The molecular formula is C20H27NO3. The molecule has 1 aromatic rings. The number of carbonyl (C=O) groups excluding carboxylic acids is 1. The van der Waals surface area contributed by atoms with Gasteiger partial charge < -0.3 is 15.2 Å². The van der Waals surface area contributed by atoms with E-state index in [2.05, 4.69) is 5.32 Å². The number of benzene rings is 1. The van der Waals surface area contributed by atoms with E-state index in [0.29, 0.717) is 17.7 Å². The summed E-state index contributed by atoms with van der Waals surface area (Å²) in [6.07, 6.45) is 6.10. The molecule has 1 aromatic carbocycles. The zero-order valence-electron chi connectivity index (χ0n) is 14.3. The van der Waals surface area contributed by atoms with Gasteiger partial charge in [-0.1, -0.05) is 18.6 Å². The van der Waals surface area contributed by atoms with E-state index in [0.717, 1.165) is 29.7 Å². The Hall–Kier alpha value is -1.55. The standard InChI is InChI=1S/C20H27NO3/c1-12(24-15-5-2-4-13(8-15)11-22)20(23)21-19-10-14-9-18(19)17-7-3-6-16(14)17/h2,4-5,8,12,14,16-19,22H,3,6-7,9-11H2,1H3,(H,21,23). The summed E-state index contributed by atoms with van der Waals surface area (Å²) in [5.41, 5.74) is 0.792. The Morgan fingerprint density at radius 1 is 1.29 bits per heavy atom. The van der Waals surface area contributed by atoms with Gasteiger partial charge in [-0.05, 0) is 74.0 Å². The van der Waals surface area contributed by atoms with Crippen LogP contribution in [0.1, 0.15) is 44.6 Å². The molecule has 0 spiro atoms. The van der Waals surface area contributed by atoms with Crippen LogP contribution in [0, 0.1) is 23.7 Å². The smallest absolute Gasteiger partial charge is 0.261 e.